The molecular weight excluding hydrogens is 203 g/mol. The zero-order valence-electron chi connectivity index (χ0n) is 9.92. The van der Waals surface area contributed by atoms with Crippen LogP contribution in [0.3, 0.4) is 0 Å². The van der Waals surface area contributed by atoms with Crippen molar-refractivity contribution in [3.05, 3.63) is 12.2 Å². The Hall–Kier alpha value is 0.170. The van der Waals surface area contributed by atoms with Gasteiger partial charge in [-0.3, -0.25) is 0 Å². The van der Waals surface area contributed by atoms with E-state index >= 15 is 0 Å². The molecular formula is C11H21NaO3. The van der Waals surface area contributed by atoms with Crippen LogP contribution < -0.4 is 34.7 Å². The van der Waals surface area contributed by atoms with Gasteiger partial charge in [0.1, 0.15) is 0 Å². The van der Waals surface area contributed by atoms with E-state index < -0.39 is 5.97 Å². The Morgan fingerprint density at radius 1 is 1.13 bits per heavy atom. The van der Waals surface area contributed by atoms with E-state index in [1.807, 2.05) is 0 Å². The summed E-state index contributed by atoms with van der Waals surface area (Å²) in [5.41, 5.74) is 0. The summed E-state index contributed by atoms with van der Waals surface area (Å²) in [4.78, 5) is 9.98. The van der Waals surface area contributed by atoms with Crippen molar-refractivity contribution in [3.63, 3.8) is 0 Å². The smallest absolute Gasteiger partial charge is 0.545 e. The number of aliphatic carboxylic acids is 1. The number of hydrogen-bond acceptors (Lipinski definition) is 2. The van der Waals surface area contributed by atoms with E-state index in [9.17, 15) is 9.90 Å². The maximum absolute atomic E-state index is 9.98. The summed E-state index contributed by atoms with van der Waals surface area (Å²) in [5.74, 6) is -1.09. The number of carboxylic acid groups (broad SMARTS) is 1. The molecule has 0 saturated heterocycles. The van der Waals surface area contributed by atoms with Gasteiger partial charge in [0.25, 0.3) is 0 Å². The minimum Gasteiger partial charge on any atom is -0.545 e. The van der Waals surface area contributed by atoms with Crippen molar-refractivity contribution in [2.45, 2.75) is 51.9 Å². The van der Waals surface area contributed by atoms with Crippen molar-refractivity contribution in [3.8, 4) is 0 Å². The first-order chi connectivity index (χ1) is 6.27. The molecule has 15 heavy (non-hydrogen) atoms. The van der Waals surface area contributed by atoms with E-state index in [0.717, 1.165) is 18.9 Å². The zero-order chi connectivity index (χ0) is 9.94. The molecule has 3 nitrogen and oxygen atoms in total. The second-order valence-electron chi connectivity index (χ2n) is 3.28. The van der Waals surface area contributed by atoms with Gasteiger partial charge in [-0.1, -0.05) is 45.1 Å². The van der Waals surface area contributed by atoms with Gasteiger partial charge in [0.15, 0.2) is 0 Å². The molecule has 0 unspecified atom stereocenters. The van der Waals surface area contributed by atoms with E-state index in [-0.39, 0.29) is 35.0 Å². The molecule has 0 rings (SSSR count). The van der Waals surface area contributed by atoms with Crippen LogP contribution in [-0.2, 0) is 4.79 Å². The standard InChI is InChI=1S/C11H20O2.Na.H2O/c1-2-3-4-5-6-7-8-9-10-11(12)13;;/h9-10H,2-8H2,1H3,(H,12,13);;1H2/q;+1;/p-1. The van der Waals surface area contributed by atoms with Gasteiger partial charge < -0.3 is 15.4 Å². The summed E-state index contributed by atoms with van der Waals surface area (Å²) >= 11 is 0. The van der Waals surface area contributed by atoms with Gasteiger partial charge in [0, 0.05) is 0 Å². The average molecular weight is 224 g/mol. The zero-order valence-corrected chi connectivity index (χ0v) is 11.9. The second kappa shape index (κ2) is 16.6. The predicted molar refractivity (Wildman–Crippen MR) is 55.8 cm³/mol. The van der Waals surface area contributed by atoms with Crippen molar-refractivity contribution in [2.75, 3.05) is 0 Å². The fourth-order valence-electron chi connectivity index (χ4n) is 1.22. The van der Waals surface area contributed by atoms with Gasteiger partial charge >= 0.3 is 29.6 Å². The molecule has 0 saturated carbocycles. The first kappa shape index (κ1) is 20.6. The summed E-state index contributed by atoms with van der Waals surface area (Å²) < 4.78 is 0. The molecule has 84 valence electrons. The molecule has 0 amide bonds. The van der Waals surface area contributed by atoms with Crippen molar-refractivity contribution in [2.24, 2.45) is 0 Å². The van der Waals surface area contributed by atoms with Crippen LogP contribution in [0.2, 0.25) is 0 Å². The maximum atomic E-state index is 9.98. The molecule has 0 bridgehead atoms. The monoisotopic (exact) mass is 224 g/mol. The van der Waals surface area contributed by atoms with Crippen LogP contribution in [0.25, 0.3) is 0 Å². The molecule has 0 aromatic rings. The van der Waals surface area contributed by atoms with Crippen LogP contribution >= 0.6 is 0 Å². The molecule has 4 heteroatoms. The molecule has 0 aromatic heterocycles. The summed E-state index contributed by atoms with van der Waals surface area (Å²) in [7, 11) is 0. The molecule has 0 aliphatic heterocycles. The first-order valence-corrected chi connectivity index (χ1v) is 5.15. The SMILES string of the molecule is CCCCCCCCC=CC(=O)[O-].O.[Na+]. The molecule has 0 aliphatic rings. The number of carbonyl (C=O) groups excluding carboxylic acids is 1. The number of carbonyl (C=O) groups is 1. The number of rotatable bonds is 8. The molecule has 0 fully saturated rings. The number of carboxylic acids is 1. The third-order valence-electron chi connectivity index (χ3n) is 1.98. The van der Waals surface area contributed by atoms with Crippen molar-refractivity contribution < 1.29 is 44.9 Å². The summed E-state index contributed by atoms with van der Waals surface area (Å²) in [6.45, 7) is 2.20. The molecule has 0 aromatic carbocycles. The molecule has 0 heterocycles. The summed E-state index contributed by atoms with van der Waals surface area (Å²) in [5, 5.41) is 9.98. The Balaban J connectivity index is -0.000000720. The van der Waals surface area contributed by atoms with Gasteiger partial charge in [0.05, 0.1) is 5.97 Å². The van der Waals surface area contributed by atoms with Crippen LogP contribution in [0.15, 0.2) is 12.2 Å². The maximum Gasteiger partial charge on any atom is 1.00 e. The fraction of sp³-hybridized carbons (Fsp3) is 0.727. The van der Waals surface area contributed by atoms with Gasteiger partial charge in [0.2, 0.25) is 0 Å². The van der Waals surface area contributed by atoms with E-state index in [1.165, 1.54) is 32.1 Å². The molecule has 0 aliphatic carbocycles. The fourth-order valence-corrected chi connectivity index (χ4v) is 1.22. The normalized spacial score (nSPS) is 9.40. The van der Waals surface area contributed by atoms with Crippen LogP contribution in [0.4, 0.5) is 0 Å². The Labute approximate surface area is 115 Å². The molecule has 0 atom stereocenters. The van der Waals surface area contributed by atoms with Crippen LogP contribution in [0.1, 0.15) is 51.9 Å². The van der Waals surface area contributed by atoms with Crippen LogP contribution in [0, 0.1) is 0 Å². The first-order valence-electron chi connectivity index (χ1n) is 5.15. The second-order valence-corrected chi connectivity index (χ2v) is 3.28. The van der Waals surface area contributed by atoms with E-state index in [2.05, 4.69) is 6.92 Å². The minimum absolute atomic E-state index is 0. The Kier molecular flexibility index (Phi) is 22.8. The molecule has 2 N–H and O–H groups in total. The quantitative estimate of drug-likeness (QED) is 0.278. The topological polar surface area (TPSA) is 71.6 Å². The van der Waals surface area contributed by atoms with Crippen molar-refractivity contribution in [1.82, 2.24) is 0 Å². The molecule has 0 radical (unpaired) electrons. The number of unbranched alkanes of at least 4 members (excludes halogenated alkanes) is 6. The van der Waals surface area contributed by atoms with Gasteiger partial charge in [-0.15, -0.1) is 0 Å². The van der Waals surface area contributed by atoms with Gasteiger partial charge in [-0.2, -0.15) is 0 Å². The van der Waals surface area contributed by atoms with Crippen molar-refractivity contribution >= 4 is 5.97 Å². The predicted octanol–water partition coefficient (Wildman–Crippen LogP) is -1.78. The Morgan fingerprint density at radius 2 is 1.67 bits per heavy atom. The summed E-state index contributed by atoms with van der Waals surface area (Å²) in [6.07, 6.45) is 11.1. The van der Waals surface area contributed by atoms with Crippen LogP contribution in [-0.4, -0.2) is 11.4 Å². The Bertz CT molecular complexity index is 158. The largest absolute Gasteiger partial charge is 1.00 e. The third kappa shape index (κ3) is 20.3. The van der Waals surface area contributed by atoms with Gasteiger partial charge in [-0.25, -0.2) is 0 Å². The Morgan fingerprint density at radius 3 is 2.20 bits per heavy atom. The number of hydrogen-bond donors (Lipinski definition) is 0. The average Bonchev–Trinajstić information content (AvgIpc) is 2.09. The van der Waals surface area contributed by atoms with Crippen LogP contribution in [0.5, 0.6) is 0 Å². The molecule has 0 spiro atoms. The summed E-state index contributed by atoms with van der Waals surface area (Å²) in [6, 6.07) is 0. The third-order valence-corrected chi connectivity index (χ3v) is 1.98. The van der Waals surface area contributed by atoms with E-state index in [1.54, 1.807) is 6.08 Å². The van der Waals surface area contributed by atoms with Crippen molar-refractivity contribution in [1.29, 1.82) is 0 Å². The van der Waals surface area contributed by atoms with E-state index in [4.69, 9.17) is 0 Å². The van der Waals surface area contributed by atoms with E-state index in [0.29, 0.717) is 0 Å². The van der Waals surface area contributed by atoms with Gasteiger partial charge in [-0.05, 0) is 18.9 Å². The number of allylic oxidation sites excluding steroid dienone is 1. The minimum atomic E-state index is -1.09.